The van der Waals surface area contributed by atoms with Gasteiger partial charge in [-0.1, -0.05) is 50.3 Å². The maximum atomic E-state index is 13.0. The monoisotopic (exact) mass is 402 g/mol. The molecule has 0 aromatic heterocycles. The van der Waals surface area contributed by atoms with Gasteiger partial charge in [0.1, 0.15) is 11.6 Å². The molecule has 0 fully saturated rings. The third kappa shape index (κ3) is 11.1. The summed E-state index contributed by atoms with van der Waals surface area (Å²) < 4.78 is 5.32. The minimum Gasteiger partial charge on any atom is -0.444 e. The van der Waals surface area contributed by atoms with E-state index in [-0.39, 0.29) is 17.7 Å². The van der Waals surface area contributed by atoms with Crippen LogP contribution in [0, 0.1) is 5.92 Å². The van der Waals surface area contributed by atoms with Crippen molar-refractivity contribution in [3.63, 3.8) is 0 Å². The Morgan fingerprint density at radius 3 is 2.21 bits per heavy atom. The van der Waals surface area contributed by atoms with Crippen molar-refractivity contribution < 1.29 is 19.1 Å². The van der Waals surface area contributed by atoms with Crippen LogP contribution in [0.25, 0.3) is 0 Å². The molecule has 1 aromatic carbocycles. The normalized spacial score (nSPS) is 13.8. The fraction of sp³-hybridized carbons (Fsp3) is 0.522. The van der Waals surface area contributed by atoms with Crippen LogP contribution in [0.4, 0.5) is 4.79 Å². The van der Waals surface area contributed by atoms with Gasteiger partial charge in [0.15, 0.2) is 5.78 Å². The van der Waals surface area contributed by atoms with E-state index < -0.39 is 17.7 Å². The fourth-order valence-electron chi connectivity index (χ4n) is 2.74. The topological polar surface area (TPSA) is 84.5 Å². The first-order chi connectivity index (χ1) is 13.5. The van der Waals surface area contributed by atoms with Crippen LogP contribution in [0.15, 0.2) is 42.5 Å². The zero-order valence-electron chi connectivity index (χ0n) is 18.3. The average molecular weight is 403 g/mol. The Balaban J connectivity index is 2.97. The van der Waals surface area contributed by atoms with Gasteiger partial charge in [-0.3, -0.25) is 9.59 Å². The molecule has 0 unspecified atom stereocenters. The molecule has 29 heavy (non-hydrogen) atoms. The average Bonchev–Trinajstić information content (AvgIpc) is 2.57. The highest BCUT2D eigenvalue weighted by Crippen LogP contribution is 2.10. The second-order valence-electron chi connectivity index (χ2n) is 8.60. The molecule has 0 saturated heterocycles. The third-order valence-electron chi connectivity index (χ3n) is 3.91. The Kier molecular flexibility index (Phi) is 9.59. The van der Waals surface area contributed by atoms with Crippen LogP contribution in [-0.2, 0) is 20.7 Å². The van der Waals surface area contributed by atoms with Gasteiger partial charge in [-0.05, 0) is 51.7 Å². The first-order valence-corrected chi connectivity index (χ1v) is 9.99. The van der Waals surface area contributed by atoms with Crippen molar-refractivity contribution in [2.24, 2.45) is 5.92 Å². The van der Waals surface area contributed by atoms with E-state index in [1.54, 1.807) is 26.8 Å². The number of nitrogens with one attached hydrogen (secondary N) is 2. The summed E-state index contributed by atoms with van der Waals surface area (Å²) in [7, 11) is 0. The molecule has 2 atom stereocenters. The number of rotatable bonds is 9. The van der Waals surface area contributed by atoms with Gasteiger partial charge < -0.3 is 15.4 Å². The fourth-order valence-corrected chi connectivity index (χ4v) is 2.74. The number of hydrogen-bond donors (Lipinski definition) is 2. The van der Waals surface area contributed by atoms with Gasteiger partial charge in [0.25, 0.3) is 0 Å². The summed E-state index contributed by atoms with van der Waals surface area (Å²) in [6.07, 6.45) is 3.53. The lowest BCUT2D eigenvalue weighted by Gasteiger charge is -2.25. The van der Waals surface area contributed by atoms with Gasteiger partial charge in [0.05, 0.1) is 0 Å². The Morgan fingerprint density at radius 1 is 1.07 bits per heavy atom. The minimum atomic E-state index is -0.798. The van der Waals surface area contributed by atoms with E-state index >= 15 is 0 Å². The SMILES string of the molecule is CC(=O)/C=C/[C@H](CC(C)C)NC(=O)[C@H](Cc1ccccc1)NC(=O)OC(C)(C)C. The standard InChI is InChI=1S/C23H34N2O4/c1-16(2)14-19(13-12-17(3)26)24-21(27)20(15-18-10-8-7-9-11-18)25-22(28)29-23(4,5)6/h7-13,16,19-20H,14-15H2,1-6H3,(H,24,27)(H,25,28)/b13-12+/t19-,20+/m1/s1. The quantitative estimate of drug-likeness (QED) is 0.615. The van der Waals surface area contributed by atoms with Crippen molar-refractivity contribution in [1.29, 1.82) is 0 Å². The number of hydrogen-bond acceptors (Lipinski definition) is 4. The van der Waals surface area contributed by atoms with Crippen LogP contribution < -0.4 is 10.6 Å². The van der Waals surface area contributed by atoms with Crippen LogP contribution in [-0.4, -0.2) is 35.5 Å². The van der Waals surface area contributed by atoms with E-state index in [9.17, 15) is 14.4 Å². The molecule has 160 valence electrons. The number of carbonyl (C=O) groups excluding carboxylic acids is 3. The summed E-state index contributed by atoms with van der Waals surface area (Å²) in [4.78, 5) is 36.6. The predicted octanol–water partition coefficient (Wildman–Crippen LogP) is 3.80. The van der Waals surface area contributed by atoms with E-state index in [0.29, 0.717) is 18.8 Å². The maximum absolute atomic E-state index is 13.0. The van der Waals surface area contributed by atoms with Crippen molar-refractivity contribution in [3.8, 4) is 0 Å². The molecule has 1 aromatic rings. The van der Waals surface area contributed by atoms with Gasteiger partial charge in [0, 0.05) is 12.5 Å². The van der Waals surface area contributed by atoms with Crippen LogP contribution in [0.2, 0.25) is 0 Å². The summed E-state index contributed by atoms with van der Waals surface area (Å²) in [5, 5.41) is 5.63. The zero-order chi connectivity index (χ0) is 22.0. The van der Waals surface area contributed by atoms with Crippen molar-refractivity contribution >= 4 is 17.8 Å². The molecular formula is C23H34N2O4. The minimum absolute atomic E-state index is 0.0827. The number of amides is 2. The molecule has 0 heterocycles. The van der Waals surface area contributed by atoms with Crippen molar-refractivity contribution in [3.05, 3.63) is 48.0 Å². The van der Waals surface area contributed by atoms with Crippen molar-refractivity contribution in [2.45, 2.75) is 72.1 Å². The Morgan fingerprint density at radius 2 is 1.69 bits per heavy atom. The van der Waals surface area contributed by atoms with Crippen molar-refractivity contribution in [1.82, 2.24) is 10.6 Å². The molecule has 6 heteroatoms. The predicted molar refractivity (Wildman–Crippen MR) is 115 cm³/mol. The molecule has 6 nitrogen and oxygen atoms in total. The molecule has 0 aliphatic carbocycles. The summed E-state index contributed by atoms with van der Waals surface area (Å²) >= 11 is 0. The second kappa shape index (κ2) is 11.4. The molecular weight excluding hydrogens is 368 g/mol. The van der Waals surface area contributed by atoms with Crippen molar-refractivity contribution in [2.75, 3.05) is 0 Å². The number of ketones is 1. The molecule has 0 saturated carbocycles. The van der Waals surface area contributed by atoms with E-state index in [4.69, 9.17) is 4.74 Å². The highest BCUT2D eigenvalue weighted by atomic mass is 16.6. The highest BCUT2D eigenvalue weighted by molar-refractivity contribution is 5.88. The Hall–Kier alpha value is -2.63. The number of carbonyl (C=O) groups is 3. The van der Waals surface area contributed by atoms with E-state index in [1.165, 1.54) is 13.0 Å². The number of alkyl carbamates (subject to hydrolysis) is 1. The van der Waals surface area contributed by atoms with Crippen LogP contribution in [0.3, 0.4) is 0 Å². The molecule has 0 spiro atoms. The maximum Gasteiger partial charge on any atom is 0.408 e. The van der Waals surface area contributed by atoms with Crippen LogP contribution in [0.5, 0.6) is 0 Å². The number of allylic oxidation sites excluding steroid dienone is 1. The van der Waals surface area contributed by atoms with E-state index in [1.807, 2.05) is 44.2 Å². The number of benzene rings is 1. The molecule has 0 bridgehead atoms. The van der Waals surface area contributed by atoms with E-state index in [2.05, 4.69) is 10.6 Å². The lowest BCUT2D eigenvalue weighted by Crippen LogP contribution is -2.51. The third-order valence-corrected chi connectivity index (χ3v) is 3.91. The Bertz CT molecular complexity index is 705. The summed E-state index contributed by atoms with van der Waals surface area (Å²) in [6, 6.07) is 8.36. The van der Waals surface area contributed by atoms with Crippen LogP contribution >= 0.6 is 0 Å². The molecule has 0 radical (unpaired) electrons. The lowest BCUT2D eigenvalue weighted by atomic mass is 10.0. The van der Waals surface area contributed by atoms with Gasteiger partial charge in [-0.25, -0.2) is 4.79 Å². The van der Waals surface area contributed by atoms with Gasteiger partial charge in [0.2, 0.25) is 5.91 Å². The summed E-state index contributed by atoms with van der Waals surface area (Å²) in [6.45, 7) is 10.9. The van der Waals surface area contributed by atoms with E-state index in [0.717, 1.165) is 5.56 Å². The highest BCUT2D eigenvalue weighted by Gasteiger charge is 2.26. The van der Waals surface area contributed by atoms with Crippen LogP contribution in [0.1, 0.15) is 53.5 Å². The molecule has 2 N–H and O–H groups in total. The van der Waals surface area contributed by atoms with Gasteiger partial charge in [-0.2, -0.15) is 0 Å². The zero-order valence-corrected chi connectivity index (χ0v) is 18.3. The second-order valence-corrected chi connectivity index (χ2v) is 8.60. The van der Waals surface area contributed by atoms with Gasteiger partial charge in [-0.15, -0.1) is 0 Å². The number of ether oxygens (including phenoxy) is 1. The summed E-state index contributed by atoms with van der Waals surface area (Å²) in [5.74, 6) is -0.0809. The lowest BCUT2D eigenvalue weighted by molar-refractivity contribution is -0.123. The molecule has 0 aliphatic heterocycles. The first-order valence-electron chi connectivity index (χ1n) is 9.99. The van der Waals surface area contributed by atoms with Gasteiger partial charge >= 0.3 is 6.09 Å². The summed E-state index contributed by atoms with van der Waals surface area (Å²) in [5.41, 5.74) is 0.255. The molecule has 0 aliphatic rings. The Labute approximate surface area is 174 Å². The largest absolute Gasteiger partial charge is 0.444 e. The molecule has 2 amide bonds. The molecule has 1 rings (SSSR count). The first kappa shape index (κ1) is 24.4. The smallest absolute Gasteiger partial charge is 0.408 e.